The zero-order valence-electron chi connectivity index (χ0n) is 9.78. The van der Waals surface area contributed by atoms with Crippen molar-refractivity contribution in [2.75, 3.05) is 0 Å². The molecule has 3 rings (SSSR count). The van der Waals surface area contributed by atoms with Crippen molar-refractivity contribution >= 4 is 44.2 Å². The Morgan fingerprint density at radius 1 is 1.11 bits per heavy atom. The molecule has 0 spiro atoms. The molecule has 1 aromatic heterocycles. The lowest BCUT2D eigenvalue weighted by molar-refractivity contribution is 0.104. The normalized spacial score (nSPS) is 10.8. The summed E-state index contributed by atoms with van der Waals surface area (Å²) in [6, 6.07) is 12.7. The number of carbonyl (C=O) groups is 1. The SMILES string of the molecule is O=C(c1ccc(Cl)cc1)c1cc(Br)cc2cc[nH]c12. The fourth-order valence-corrected chi connectivity index (χ4v) is 2.67. The molecule has 0 aliphatic rings. The van der Waals surface area contributed by atoms with E-state index < -0.39 is 0 Å². The van der Waals surface area contributed by atoms with Crippen LogP contribution in [0.15, 0.2) is 53.1 Å². The van der Waals surface area contributed by atoms with E-state index in [1.807, 2.05) is 24.4 Å². The summed E-state index contributed by atoms with van der Waals surface area (Å²) in [5.74, 6) is -0.0228. The minimum absolute atomic E-state index is 0.0228. The number of aromatic amines is 1. The van der Waals surface area contributed by atoms with Crippen molar-refractivity contribution in [3.63, 3.8) is 0 Å². The maximum atomic E-state index is 12.5. The number of fused-ring (bicyclic) bond motifs is 1. The average molecular weight is 335 g/mol. The Bertz CT molecular complexity index is 761. The third kappa shape index (κ3) is 2.31. The number of carbonyl (C=O) groups excluding carboxylic acids is 1. The first kappa shape index (κ1) is 12.5. The first-order chi connectivity index (χ1) is 9.15. The van der Waals surface area contributed by atoms with Crippen LogP contribution in [0, 0.1) is 0 Å². The van der Waals surface area contributed by atoms with Crippen molar-refractivity contribution in [2.45, 2.75) is 0 Å². The van der Waals surface area contributed by atoms with Gasteiger partial charge in [-0.3, -0.25) is 4.79 Å². The summed E-state index contributed by atoms with van der Waals surface area (Å²) in [6.45, 7) is 0. The Balaban J connectivity index is 2.15. The molecule has 1 N–H and O–H groups in total. The van der Waals surface area contributed by atoms with E-state index in [-0.39, 0.29) is 5.78 Å². The molecule has 94 valence electrons. The standard InChI is InChI=1S/C15H9BrClNO/c16-11-7-10-5-6-18-14(10)13(8-11)15(19)9-1-3-12(17)4-2-9/h1-8,18H. The smallest absolute Gasteiger partial charge is 0.195 e. The quantitative estimate of drug-likeness (QED) is 0.670. The molecule has 0 fully saturated rings. The Kier molecular flexibility index (Phi) is 3.17. The van der Waals surface area contributed by atoms with Gasteiger partial charge in [0.2, 0.25) is 0 Å². The molecule has 4 heteroatoms. The molecular weight excluding hydrogens is 326 g/mol. The van der Waals surface area contributed by atoms with Crippen LogP contribution in [0.4, 0.5) is 0 Å². The first-order valence-electron chi connectivity index (χ1n) is 5.72. The topological polar surface area (TPSA) is 32.9 Å². The van der Waals surface area contributed by atoms with Crippen molar-refractivity contribution in [3.8, 4) is 0 Å². The van der Waals surface area contributed by atoms with Gasteiger partial charge in [0.1, 0.15) is 0 Å². The number of halogens is 2. The zero-order valence-corrected chi connectivity index (χ0v) is 12.1. The van der Waals surface area contributed by atoms with Gasteiger partial charge in [-0.1, -0.05) is 27.5 Å². The maximum absolute atomic E-state index is 12.5. The van der Waals surface area contributed by atoms with Gasteiger partial charge in [-0.15, -0.1) is 0 Å². The number of ketones is 1. The van der Waals surface area contributed by atoms with E-state index in [1.165, 1.54) is 0 Å². The van der Waals surface area contributed by atoms with Crippen LogP contribution in [0.3, 0.4) is 0 Å². The minimum atomic E-state index is -0.0228. The highest BCUT2D eigenvalue weighted by Gasteiger charge is 2.14. The summed E-state index contributed by atoms with van der Waals surface area (Å²) >= 11 is 9.27. The third-order valence-corrected chi connectivity index (χ3v) is 3.69. The highest BCUT2D eigenvalue weighted by molar-refractivity contribution is 9.10. The van der Waals surface area contributed by atoms with Gasteiger partial charge in [0, 0.05) is 32.2 Å². The highest BCUT2D eigenvalue weighted by Crippen LogP contribution is 2.25. The van der Waals surface area contributed by atoms with Crippen molar-refractivity contribution in [1.82, 2.24) is 4.98 Å². The number of hydrogen-bond donors (Lipinski definition) is 1. The third-order valence-electron chi connectivity index (χ3n) is 2.98. The number of nitrogens with one attached hydrogen (secondary N) is 1. The molecule has 19 heavy (non-hydrogen) atoms. The minimum Gasteiger partial charge on any atom is -0.361 e. The second-order valence-corrected chi connectivity index (χ2v) is 5.58. The van der Waals surface area contributed by atoms with E-state index in [0.29, 0.717) is 16.1 Å². The molecule has 0 unspecified atom stereocenters. The van der Waals surface area contributed by atoms with Crippen molar-refractivity contribution < 1.29 is 4.79 Å². The molecule has 0 saturated heterocycles. The summed E-state index contributed by atoms with van der Waals surface area (Å²) in [6.07, 6.45) is 1.83. The molecule has 2 nitrogen and oxygen atoms in total. The predicted octanol–water partition coefficient (Wildman–Crippen LogP) is 4.81. The van der Waals surface area contributed by atoms with Crippen LogP contribution in [-0.2, 0) is 0 Å². The van der Waals surface area contributed by atoms with E-state index in [2.05, 4.69) is 20.9 Å². The number of benzene rings is 2. The van der Waals surface area contributed by atoms with Gasteiger partial charge < -0.3 is 4.98 Å². The van der Waals surface area contributed by atoms with Gasteiger partial charge in [-0.05, 0) is 42.5 Å². The molecule has 0 saturated carbocycles. The van der Waals surface area contributed by atoms with Gasteiger partial charge in [-0.25, -0.2) is 0 Å². The Labute approximate surface area is 123 Å². The molecule has 0 aliphatic heterocycles. The van der Waals surface area contributed by atoms with Crippen LogP contribution in [0.5, 0.6) is 0 Å². The predicted molar refractivity (Wildman–Crippen MR) is 80.9 cm³/mol. The van der Waals surface area contributed by atoms with Crippen molar-refractivity contribution in [1.29, 1.82) is 0 Å². The van der Waals surface area contributed by atoms with E-state index in [1.54, 1.807) is 24.3 Å². The van der Waals surface area contributed by atoms with Crippen LogP contribution in [0.1, 0.15) is 15.9 Å². The summed E-state index contributed by atoms with van der Waals surface area (Å²) in [5.41, 5.74) is 2.12. The van der Waals surface area contributed by atoms with Crippen LogP contribution in [0.2, 0.25) is 5.02 Å². The molecule has 0 amide bonds. The number of hydrogen-bond acceptors (Lipinski definition) is 1. The maximum Gasteiger partial charge on any atom is 0.195 e. The fourth-order valence-electron chi connectivity index (χ4n) is 2.07. The highest BCUT2D eigenvalue weighted by atomic mass is 79.9. The summed E-state index contributed by atoms with van der Waals surface area (Å²) in [4.78, 5) is 15.6. The number of aromatic nitrogens is 1. The Morgan fingerprint density at radius 3 is 2.58 bits per heavy atom. The van der Waals surface area contributed by atoms with Gasteiger partial charge in [0.15, 0.2) is 5.78 Å². The van der Waals surface area contributed by atoms with Crippen molar-refractivity contribution in [3.05, 3.63) is 69.3 Å². The summed E-state index contributed by atoms with van der Waals surface area (Å²) in [7, 11) is 0. The van der Waals surface area contributed by atoms with Crippen LogP contribution >= 0.6 is 27.5 Å². The molecule has 0 bridgehead atoms. The number of H-pyrrole nitrogens is 1. The van der Waals surface area contributed by atoms with E-state index in [9.17, 15) is 4.79 Å². The first-order valence-corrected chi connectivity index (χ1v) is 6.89. The van der Waals surface area contributed by atoms with Gasteiger partial charge in [0.05, 0.1) is 5.52 Å². The Hall–Kier alpha value is -1.58. The molecule has 1 heterocycles. The van der Waals surface area contributed by atoms with E-state index in [4.69, 9.17) is 11.6 Å². The van der Waals surface area contributed by atoms with E-state index >= 15 is 0 Å². The van der Waals surface area contributed by atoms with Gasteiger partial charge in [0.25, 0.3) is 0 Å². The average Bonchev–Trinajstić information content (AvgIpc) is 2.85. The van der Waals surface area contributed by atoms with Crippen LogP contribution in [-0.4, -0.2) is 10.8 Å². The zero-order chi connectivity index (χ0) is 13.4. The second-order valence-electron chi connectivity index (χ2n) is 4.23. The summed E-state index contributed by atoms with van der Waals surface area (Å²) < 4.78 is 0.886. The number of rotatable bonds is 2. The molecule has 0 atom stereocenters. The largest absolute Gasteiger partial charge is 0.361 e. The molecule has 2 aromatic carbocycles. The lowest BCUT2D eigenvalue weighted by Gasteiger charge is -2.04. The fraction of sp³-hybridized carbons (Fsp3) is 0. The van der Waals surface area contributed by atoms with Crippen LogP contribution in [0.25, 0.3) is 10.9 Å². The van der Waals surface area contributed by atoms with E-state index in [0.717, 1.165) is 15.4 Å². The van der Waals surface area contributed by atoms with Gasteiger partial charge in [-0.2, -0.15) is 0 Å². The Morgan fingerprint density at radius 2 is 1.84 bits per heavy atom. The monoisotopic (exact) mass is 333 g/mol. The van der Waals surface area contributed by atoms with Crippen LogP contribution < -0.4 is 0 Å². The summed E-state index contributed by atoms with van der Waals surface area (Å²) in [5, 5.41) is 1.63. The second kappa shape index (κ2) is 4.83. The molecule has 0 aliphatic carbocycles. The molecule has 0 radical (unpaired) electrons. The molecular formula is C15H9BrClNO. The van der Waals surface area contributed by atoms with Crippen molar-refractivity contribution in [2.24, 2.45) is 0 Å². The lowest BCUT2D eigenvalue weighted by Crippen LogP contribution is -2.02. The lowest BCUT2D eigenvalue weighted by atomic mass is 10.0. The molecule has 3 aromatic rings. The van der Waals surface area contributed by atoms with Gasteiger partial charge >= 0.3 is 0 Å².